The molecule has 188 valence electrons. The Labute approximate surface area is 204 Å². The number of carbonyl (C=O) groups excluding carboxylic acids is 1. The molecule has 1 aliphatic rings. The molecule has 3 rings (SSSR count). The van der Waals surface area contributed by atoms with E-state index in [1.165, 1.54) is 16.8 Å². The van der Waals surface area contributed by atoms with Gasteiger partial charge in [-0.3, -0.25) is 19.1 Å². The first-order valence-electron chi connectivity index (χ1n) is 11.3. The summed E-state index contributed by atoms with van der Waals surface area (Å²) in [5.41, 5.74) is -1.05. The fraction of sp³-hybridized carbons (Fsp3) is 0.458. The summed E-state index contributed by atoms with van der Waals surface area (Å²) in [5, 5.41) is 3.06. The van der Waals surface area contributed by atoms with E-state index in [0.717, 1.165) is 0 Å². The first-order valence-corrected chi connectivity index (χ1v) is 12.5. The van der Waals surface area contributed by atoms with Crippen molar-refractivity contribution < 1.29 is 23.3 Å². The maximum atomic E-state index is 12.3. The van der Waals surface area contributed by atoms with Gasteiger partial charge in [0.25, 0.3) is 5.56 Å². The highest BCUT2D eigenvalue weighted by molar-refractivity contribution is 7.45. The summed E-state index contributed by atoms with van der Waals surface area (Å²) < 4.78 is 24.7. The minimum atomic E-state index is -1.73. The Balaban J connectivity index is 1.70. The topological polar surface area (TPSA) is 121 Å². The van der Waals surface area contributed by atoms with Gasteiger partial charge in [-0.15, -0.1) is 5.92 Å². The molecule has 0 aliphatic carbocycles. The van der Waals surface area contributed by atoms with Crippen LogP contribution in [0, 0.1) is 17.8 Å². The van der Waals surface area contributed by atoms with Crippen molar-refractivity contribution in [3.63, 3.8) is 0 Å². The summed E-state index contributed by atoms with van der Waals surface area (Å²) in [6.45, 7) is 7.08. The van der Waals surface area contributed by atoms with Crippen LogP contribution in [-0.2, 0) is 18.8 Å². The molecule has 5 atom stereocenters. The van der Waals surface area contributed by atoms with Crippen molar-refractivity contribution >= 4 is 14.5 Å². The molecule has 35 heavy (non-hydrogen) atoms. The highest BCUT2D eigenvalue weighted by Crippen LogP contribution is 2.39. The van der Waals surface area contributed by atoms with Crippen molar-refractivity contribution in [2.45, 2.75) is 58.6 Å². The number of H-pyrrole nitrogens is 1. The van der Waals surface area contributed by atoms with Crippen LogP contribution in [0.3, 0.4) is 0 Å². The van der Waals surface area contributed by atoms with Crippen LogP contribution in [0.5, 0.6) is 5.75 Å². The van der Waals surface area contributed by atoms with Crippen LogP contribution in [0.4, 0.5) is 0 Å². The van der Waals surface area contributed by atoms with Crippen molar-refractivity contribution in [3.05, 3.63) is 63.4 Å². The summed E-state index contributed by atoms with van der Waals surface area (Å²) in [6, 6.07) is 9.71. The predicted octanol–water partition coefficient (Wildman–Crippen LogP) is 2.72. The number of aromatic nitrogens is 2. The molecule has 1 aliphatic heterocycles. The lowest BCUT2D eigenvalue weighted by molar-refractivity contribution is -0.149. The molecule has 5 unspecified atom stereocenters. The summed E-state index contributed by atoms with van der Waals surface area (Å²) >= 11 is 0. The summed E-state index contributed by atoms with van der Waals surface area (Å²) in [7, 11) is -1.73. The van der Waals surface area contributed by atoms with Gasteiger partial charge in [0.2, 0.25) is 0 Å². The zero-order chi connectivity index (χ0) is 25.4. The van der Waals surface area contributed by atoms with Crippen molar-refractivity contribution in [1.29, 1.82) is 0 Å². The molecular formula is C24H30N3O7P. The van der Waals surface area contributed by atoms with Gasteiger partial charge in [-0.05, 0) is 46.2 Å². The fourth-order valence-electron chi connectivity index (χ4n) is 3.42. The number of rotatable bonds is 10. The molecule has 0 amide bonds. The van der Waals surface area contributed by atoms with E-state index in [1.807, 2.05) is 18.2 Å². The van der Waals surface area contributed by atoms with Crippen molar-refractivity contribution in [3.8, 4) is 17.6 Å². The van der Waals surface area contributed by atoms with Gasteiger partial charge in [0, 0.05) is 12.3 Å². The number of nitrogens with one attached hydrogen (secondary N) is 2. The molecule has 0 radical (unpaired) electrons. The maximum absolute atomic E-state index is 12.3. The van der Waals surface area contributed by atoms with Gasteiger partial charge < -0.3 is 18.5 Å². The van der Waals surface area contributed by atoms with E-state index in [2.05, 4.69) is 21.9 Å². The molecule has 1 aromatic carbocycles. The van der Waals surface area contributed by atoms with E-state index in [-0.39, 0.29) is 18.6 Å². The molecule has 11 heteroatoms. The predicted molar refractivity (Wildman–Crippen MR) is 131 cm³/mol. The first kappa shape index (κ1) is 26.6. The molecule has 1 saturated heterocycles. The van der Waals surface area contributed by atoms with Crippen LogP contribution in [-0.4, -0.2) is 40.4 Å². The lowest BCUT2D eigenvalue weighted by Crippen LogP contribution is -2.35. The minimum absolute atomic E-state index is 0.133. The second kappa shape index (κ2) is 12.7. The largest absolute Gasteiger partial charge is 0.462 e. The molecule has 10 nitrogen and oxygen atoms in total. The maximum Gasteiger partial charge on any atom is 0.330 e. The Morgan fingerprint density at radius 2 is 2.00 bits per heavy atom. The summed E-state index contributed by atoms with van der Waals surface area (Å²) in [6.07, 6.45) is 0.597. The van der Waals surface area contributed by atoms with Gasteiger partial charge >= 0.3 is 20.2 Å². The Morgan fingerprint density at radius 1 is 1.26 bits per heavy atom. The number of carbonyl (C=O) groups is 1. The third-order valence-corrected chi connectivity index (χ3v) is 6.32. The smallest absolute Gasteiger partial charge is 0.330 e. The van der Waals surface area contributed by atoms with Crippen LogP contribution < -0.4 is 20.9 Å². The third-order valence-electron chi connectivity index (χ3n) is 4.96. The molecule has 2 N–H and O–H groups in total. The van der Waals surface area contributed by atoms with E-state index in [1.54, 1.807) is 39.8 Å². The van der Waals surface area contributed by atoms with Crippen LogP contribution in [0.2, 0.25) is 0 Å². The van der Waals surface area contributed by atoms with Gasteiger partial charge in [-0.1, -0.05) is 24.1 Å². The molecule has 2 heterocycles. The number of ether oxygens (including phenoxy) is 2. The molecule has 0 saturated carbocycles. The normalized spacial score (nSPS) is 21.1. The molecule has 0 bridgehead atoms. The SMILES string of the molecule is CC#CC1CC(COP(NC(C)C(=O)OC(C)C)Oc2ccccc2)OC1n1ccc(=O)[nH]c1=O. The molecule has 1 aromatic heterocycles. The zero-order valence-electron chi connectivity index (χ0n) is 20.1. The van der Waals surface area contributed by atoms with E-state index in [0.29, 0.717) is 12.2 Å². The molecular weight excluding hydrogens is 473 g/mol. The lowest BCUT2D eigenvalue weighted by atomic mass is 10.0. The quantitative estimate of drug-likeness (QED) is 0.289. The number of hydrogen-bond acceptors (Lipinski definition) is 8. The first-order chi connectivity index (χ1) is 16.8. The number of nitrogens with zero attached hydrogens (tertiary/aromatic N) is 1. The van der Waals surface area contributed by atoms with Crippen LogP contribution in [0.1, 0.15) is 40.3 Å². The molecule has 0 spiro atoms. The van der Waals surface area contributed by atoms with E-state index >= 15 is 0 Å². The van der Waals surface area contributed by atoms with Crippen molar-refractivity contribution in [2.75, 3.05) is 6.61 Å². The standard InChI is InChI=1S/C24H30N3O7P/c1-5-9-18-14-20(33-22(18)27-13-12-21(28)25-24(27)30)15-31-35(34-19-10-7-6-8-11-19)26-17(4)23(29)32-16(2)3/h6-8,10-13,16-18,20,22,26H,14-15H2,1-4H3,(H,25,28,30). The number of benzene rings is 1. The van der Waals surface area contributed by atoms with Crippen LogP contribution in [0.15, 0.2) is 52.2 Å². The summed E-state index contributed by atoms with van der Waals surface area (Å²) in [5.74, 6) is 5.83. The van der Waals surface area contributed by atoms with Gasteiger partial charge in [0.05, 0.1) is 24.7 Å². The van der Waals surface area contributed by atoms with Gasteiger partial charge in [0.15, 0.2) is 6.23 Å². The number of esters is 1. The van der Waals surface area contributed by atoms with E-state index < -0.39 is 44.1 Å². The van der Waals surface area contributed by atoms with E-state index in [9.17, 15) is 14.4 Å². The second-order valence-corrected chi connectivity index (χ2v) is 9.41. The Bertz CT molecular complexity index is 1160. The monoisotopic (exact) mass is 503 g/mol. The Morgan fingerprint density at radius 3 is 2.66 bits per heavy atom. The van der Waals surface area contributed by atoms with Crippen molar-refractivity contribution in [1.82, 2.24) is 14.6 Å². The average Bonchev–Trinajstić information content (AvgIpc) is 3.20. The number of aromatic amines is 1. The highest BCUT2D eigenvalue weighted by atomic mass is 31.2. The minimum Gasteiger partial charge on any atom is -0.462 e. The van der Waals surface area contributed by atoms with Gasteiger partial charge in [0.1, 0.15) is 11.8 Å². The zero-order valence-corrected chi connectivity index (χ0v) is 21.0. The fourth-order valence-corrected chi connectivity index (χ4v) is 4.64. The average molecular weight is 503 g/mol. The van der Waals surface area contributed by atoms with E-state index in [4.69, 9.17) is 18.5 Å². The van der Waals surface area contributed by atoms with Gasteiger partial charge in [-0.25, -0.2) is 9.88 Å². The number of hydrogen-bond donors (Lipinski definition) is 2. The van der Waals surface area contributed by atoms with Crippen LogP contribution in [0.25, 0.3) is 0 Å². The highest BCUT2D eigenvalue weighted by Gasteiger charge is 2.37. The lowest BCUT2D eigenvalue weighted by Gasteiger charge is -2.23. The second-order valence-electron chi connectivity index (χ2n) is 8.20. The third kappa shape index (κ3) is 7.77. The van der Waals surface area contributed by atoms with Crippen molar-refractivity contribution in [2.24, 2.45) is 5.92 Å². The molecule has 2 aromatic rings. The Hall–Kier alpha value is -2.96. The van der Waals surface area contributed by atoms with Gasteiger partial charge in [-0.2, -0.15) is 0 Å². The summed E-state index contributed by atoms with van der Waals surface area (Å²) in [4.78, 5) is 38.3. The number of para-hydroxylation sites is 1. The Kier molecular flexibility index (Phi) is 9.64. The van der Waals surface area contributed by atoms with Crippen LogP contribution >= 0.6 is 8.53 Å². The molecule has 1 fully saturated rings.